The molecule has 0 heterocycles. The number of allylic oxidation sites excluding steroid dienone is 1. The average Bonchev–Trinajstić information content (AvgIpc) is 1.85. The summed E-state index contributed by atoms with van der Waals surface area (Å²) in [7, 11) is 1.07. The largest absolute Gasteiger partial charge is 0.257 e. The molecule has 0 aromatic heterocycles. The molecular weight excluding hydrogens is 129 g/mol. The maximum atomic E-state index is 4.02. The minimum Gasteiger partial charge on any atom is -0.257 e. The summed E-state index contributed by atoms with van der Waals surface area (Å²) >= 11 is 0. The van der Waals surface area contributed by atoms with Gasteiger partial charge in [0.25, 0.3) is 0 Å². The maximum Gasteiger partial charge on any atom is 0.0640 e. The van der Waals surface area contributed by atoms with E-state index in [1.807, 2.05) is 6.92 Å². The molecule has 0 aliphatic heterocycles. The molecule has 2 heteroatoms. The van der Waals surface area contributed by atoms with Crippen LogP contribution in [0.25, 0.3) is 0 Å². The summed E-state index contributed by atoms with van der Waals surface area (Å²) in [4.78, 5) is 4.02. The molecular formula is C7H10NP. The van der Waals surface area contributed by atoms with Gasteiger partial charge in [-0.05, 0) is 12.7 Å². The lowest BCUT2D eigenvalue weighted by Crippen LogP contribution is -1.77. The van der Waals surface area contributed by atoms with E-state index in [-0.39, 0.29) is 0 Å². The summed E-state index contributed by atoms with van der Waals surface area (Å²) in [5.41, 5.74) is 1.03. The SMILES string of the molecule is C=CC=NC(C)=PC=C. The molecule has 0 aliphatic carbocycles. The quantitative estimate of drug-likeness (QED) is 0.420. The van der Waals surface area contributed by atoms with Crippen molar-refractivity contribution in [3.63, 3.8) is 0 Å². The van der Waals surface area contributed by atoms with Crippen LogP contribution in [-0.4, -0.2) is 11.6 Å². The van der Waals surface area contributed by atoms with E-state index in [4.69, 9.17) is 0 Å². The summed E-state index contributed by atoms with van der Waals surface area (Å²) in [6, 6.07) is 0. The second kappa shape index (κ2) is 5.46. The van der Waals surface area contributed by atoms with E-state index >= 15 is 0 Å². The van der Waals surface area contributed by atoms with Gasteiger partial charge in [-0.25, -0.2) is 0 Å². The molecule has 0 fully saturated rings. The summed E-state index contributed by atoms with van der Waals surface area (Å²) < 4.78 is 0. The van der Waals surface area contributed by atoms with Crippen molar-refractivity contribution in [3.05, 3.63) is 25.1 Å². The molecule has 0 saturated carbocycles. The number of rotatable bonds is 3. The molecule has 0 rings (SSSR count). The zero-order chi connectivity index (χ0) is 7.11. The van der Waals surface area contributed by atoms with Gasteiger partial charge in [0, 0.05) is 6.21 Å². The van der Waals surface area contributed by atoms with Crippen molar-refractivity contribution in [1.82, 2.24) is 0 Å². The minimum absolute atomic E-state index is 1.03. The lowest BCUT2D eigenvalue weighted by atomic mass is 10.7. The van der Waals surface area contributed by atoms with E-state index in [1.54, 1.807) is 18.1 Å². The smallest absolute Gasteiger partial charge is 0.0640 e. The van der Waals surface area contributed by atoms with Crippen molar-refractivity contribution in [2.45, 2.75) is 6.92 Å². The topological polar surface area (TPSA) is 12.4 Å². The van der Waals surface area contributed by atoms with Crippen molar-refractivity contribution in [1.29, 1.82) is 0 Å². The first kappa shape index (κ1) is 8.32. The standard InChI is InChI=1S/C7H10NP/c1-4-6-8-7(3)9-5-2/h4-6H,1-2H2,3H3. The van der Waals surface area contributed by atoms with Crippen molar-refractivity contribution in [2.24, 2.45) is 4.99 Å². The zero-order valence-electron chi connectivity index (χ0n) is 5.54. The Hall–Kier alpha value is -0.680. The molecule has 0 radical (unpaired) electrons. The first-order chi connectivity index (χ1) is 4.31. The molecule has 0 bridgehead atoms. The van der Waals surface area contributed by atoms with Gasteiger partial charge < -0.3 is 0 Å². The van der Waals surface area contributed by atoms with Crippen molar-refractivity contribution >= 4 is 19.8 Å². The van der Waals surface area contributed by atoms with Crippen LogP contribution in [0.5, 0.6) is 0 Å². The van der Waals surface area contributed by atoms with Gasteiger partial charge >= 0.3 is 0 Å². The third-order valence-corrected chi connectivity index (χ3v) is 1.32. The first-order valence-electron chi connectivity index (χ1n) is 2.61. The van der Waals surface area contributed by atoms with Crippen LogP contribution < -0.4 is 0 Å². The summed E-state index contributed by atoms with van der Waals surface area (Å²) in [6.45, 7) is 9.02. The number of hydrogen-bond acceptors (Lipinski definition) is 0. The van der Waals surface area contributed by atoms with E-state index in [2.05, 4.69) is 18.2 Å². The van der Waals surface area contributed by atoms with E-state index in [1.165, 1.54) is 0 Å². The van der Waals surface area contributed by atoms with Gasteiger partial charge in [-0.15, -0.1) is 0 Å². The molecule has 0 aliphatic rings. The van der Waals surface area contributed by atoms with E-state index in [9.17, 15) is 0 Å². The number of aliphatic imine (C=N–C) groups is 1. The molecule has 0 atom stereocenters. The summed E-state index contributed by atoms with van der Waals surface area (Å²) in [5.74, 6) is 1.80. The molecule has 0 saturated heterocycles. The third kappa shape index (κ3) is 5.19. The molecule has 1 nitrogen and oxygen atoms in total. The number of hydrogen-bond donors (Lipinski definition) is 0. The van der Waals surface area contributed by atoms with Crippen LogP contribution >= 0.6 is 8.20 Å². The first-order valence-corrected chi connectivity index (χ1v) is 3.58. The third-order valence-electron chi connectivity index (χ3n) is 0.645. The fourth-order valence-corrected chi connectivity index (χ4v) is 0.724. The summed E-state index contributed by atoms with van der Waals surface area (Å²) in [6.07, 6.45) is 3.33. The number of nitrogens with zero attached hydrogens (tertiary/aromatic N) is 1. The van der Waals surface area contributed by atoms with Gasteiger partial charge in [0.1, 0.15) is 0 Å². The molecule has 0 amide bonds. The minimum atomic E-state index is 1.03. The van der Waals surface area contributed by atoms with Gasteiger partial charge in [0.05, 0.1) is 5.42 Å². The Morgan fingerprint density at radius 1 is 1.56 bits per heavy atom. The molecule has 0 aromatic rings. The Morgan fingerprint density at radius 2 is 2.22 bits per heavy atom. The van der Waals surface area contributed by atoms with Crippen LogP contribution in [0, 0.1) is 0 Å². The second-order valence-corrected chi connectivity index (χ2v) is 2.64. The van der Waals surface area contributed by atoms with Crippen LogP contribution in [0.4, 0.5) is 0 Å². The molecule has 0 spiro atoms. The summed E-state index contributed by atoms with van der Waals surface area (Å²) in [5, 5.41) is 0. The Bertz CT molecular complexity index is 156. The Morgan fingerprint density at radius 3 is 2.67 bits per heavy atom. The van der Waals surface area contributed by atoms with E-state index in [0.29, 0.717) is 0 Å². The van der Waals surface area contributed by atoms with Crippen LogP contribution in [0.3, 0.4) is 0 Å². The lowest BCUT2D eigenvalue weighted by Gasteiger charge is -1.82. The van der Waals surface area contributed by atoms with Crippen molar-refractivity contribution in [2.75, 3.05) is 0 Å². The van der Waals surface area contributed by atoms with Gasteiger partial charge in [0.2, 0.25) is 0 Å². The van der Waals surface area contributed by atoms with Crippen LogP contribution in [0.1, 0.15) is 6.92 Å². The van der Waals surface area contributed by atoms with Crippen LogP contribution in [-0.2, 0) is 0 Å². The van der Waals surface area contributed by atoms with Crippen molar-refractivity contribution < 1.29 is 0 Å². The molecule has 48 valence electrons. The lowest BCUT2D eigenvalue weighted by molar-refractivity contribution is 1.72. The van der Waals surface area contributed by atoms with Crippen LogP contribution in [0.2, 0.25) is 0 Å². The van der Waals surface area contributed by atoms with E-state index in [0.717, 1.165) is 13.6 Å². The van der Waals surface area contributed by atoms with Gasteiger partial charge in [0.15, 0.2) is 0 Å². The molecule has 9 heavy (non-hydrogen) atoms. The fourth-order valence-electron chi connectivity index (χ4n) is 0.326. The zero-order valence-corrected chi connectivity index (χ0v) is 6.44. The molecule has 0 unspecified atom stereocenters. The second-order valence-electron chi connectivity index (χ2n) is 1.37. The van der Waals surface area contributed by atoms with Gasteiger partial charge in [-0.2, -0.15) is 0 Å². The highest BCUT2D eigenvalue weighted by Crippen LogP contribution is 1.99. The fraction of sp³-hybridized carbons (Fsp3) is 0.143. The predicted octanol–water partition coefficient (Wildman–Crippen LogP) is 2.48. The maximum absolute atomic E-state index is 4.02. The average molecular weight is 139 g/mol. The Balaban J connectivity index is 3.88. The van der Waals surface area contributed by atoms with Gasteiger partial charge in [-0.3, -0.25) is 4.99 Å². The van der Waals surface area contributed by atoms with Crippen LogP contribution in [0.15, 0.2) is 30.0 Å². The highest BCUT2D eigenvalue weighted by molar-refractivity contribution is 7.43. The molecule has 0 aromatic carbocycles. The molecule has 0 N–H and O–H groups in total. The van der Waals surface area contributed by atoms with E-state index < -0.39 is 0 Å². The van der Waals surface area contributed by atoms with Gasteiger partial charge in [-0.1, -0.05) is 27.4 Å². The van der Waals surface area contributed by atoms with Crippen molar-refractivity contribution in [3.8, 4) is 0 Å². The highest BCUT2D eigenvalue weighted by atomic mass is 31.1. The Kier molecular flexibility index (Phi) is 5.04. The predicted molar refractivity (Wildman–Crippen MR) is 46.5 cm³/mol. The Labute approximate surface area is 57.6 Å². The normalized spacial score (nSPS) is 11.9. The monoisotopic (exact) mass is 139 g/mol. The highest BCUT2D eigenvalue weighted by Gasteiger charge is 1.74.